The Hall–Kier alpha value is -1.64. The molecule has 0 aliphatic carbocycles. The molecular formula is C12H15NO2. The van der Waals surface area contributed by atoms with Crippen molar-refractivity contribution in [3.63, 3.8) is 0 Å². The smallest absolute Gasteiger partial charge is 0.331 e. The predicted octanol–water partition coefficient (Wildman–Crippen LogP) is 2.44. The SMILES string of the molecule is CC(C)(C)OC(=O)C=Cc1cccnc1. The van der Waals surface area contributed by atoms with Crippen LogP contribution in [0.5, 0.6) is 0 Å². The van der Waals surface area contributed by atoms with Crippen molar-refractivity contribution < 1.29 is 9.53 Å². The van der Waals surface area contributed by atoms with Crippen molar-refractivity contribution >= 4 is 12.0 Å². The van der Waals surface area contributed by atoms with E-state index in [2.05, 4.69) is 4.98 Å². The maximum Gasteiger partial charge on any atom is 0.331 e. The van der Waals surface area contributed by atoms with Crippen LogP contribution < -0.4 is 0 Å². The molecule has 0 unspecified atom stereocenters. The number of esters is 1. The van der Waals surface area contributed by atoms with Crippen molar-refractivity contribution in [2.24, 2.45) is 0 Å². The summed E-state index contributed by atoms with van der Waals surface area (Å²) in [6, 6.07) is 3.68. The molecule has 0 N–H and O–H groups in total. The molecule has 1 aromatic rings. The average Bonchev–Trinajstić information content (AvgIpc) is 2.14. The number of pyridine rings is 1. The van der Waals surface area contributed by atoms with Gasteiger partial charge in [-0.3, -0.25) is 4.98 Å². The summed E-state index contributed by atoms with van der Waals surface area (Å²) < 4.78 is 5.11. The summed E-state index contributed by atoms with van der Waals surface area (Å²) >= 11 is 0. The monoisotopic (exact) mass is 205 g/mol. The van der Waals surface area contributed by atoms with Gasteiger partial charge in [-0.1, -0.05) is 6.07 Å². The predicted molar refractivity (Wildman–Crippen MR) is 59.1 cm³/mol. The highest BCUT2D eigenvalue weighted by molar-refractivity contribution is 5.87. The number of rotatable bonds is 2. The van der Waals surface area contributed by atoms with Gasteiger partial charge in [-0.15, -0.1) is 0 Å². The summed E-state index contributed by atoms with van der Waals surface area (Å²) in [5, 5.41) is 0. The normalized spacial score (nSPS) is 11.7. The number of hydrogen-bond acceptors (Lipinski definition) is 3. The zero-order valence-electron chi connectivity index (χ0n) is 9.23. The lowest BCUT2D eigenvalue weighted by Crippen LogP contribution is -2.22. The summed E-state index contributed by atoms with van der Waals surface area (Å²) in [4.78, 5) is 15.2. The van der Waals surface area contributed by atoms with Crippen molar-refractivity contribution in [3.05, 3.63) is 36.2 Å². The van der Waals surface area contributed by atoms with E-state index in [4.69, 9.17) is 4.74 Å². The molecule has 1 heterocycles. The van der Waals surface area contributed by atoms with Crippen LogP contribution in [0.1, 0.15) is 26.3 Å². The van der Waals surface area contributed by atoms with Crippen LogP contribution in [0, 0.1) is 0 Å². The summed E-state index contributed by atoms with van der Waals surface area (Å²) in [7, 11) is 0. The van der Waals surface area contributed by atoms with Crippen molar-refractivity contribution in [3.8, 4) is 0 Å². The van der Waals surface area contributed by atoms with Crippen molar-refractivity contribution in [2.45, 2.75) is 26.4 Å². The average molecular weight is 205 g/mol. The number of aromatic nitrogens is 1. The van der Waals surface area contributed by atoms with Gasteiger partial charge in [-0.05, 0) is 38.5 Å². The van der Waals surface area contributed by atoms with E-state index in [-0.39, 0.29) is 5.97 Å². The molecule has 15 heavy (non-hydrogen) atoms. The molecule has 80 valence electrons. The van der Waals surface area contributed by atoms with Gasteiger partial charge < -0.3 is 4.74 Å². The molecule has 0 saturated carbocycles. The van der Waals surface area contributed by atoms with Gasteiger partial charge in [0, 0.05) is 18.5 Å². The fourth-order valence-electron chi connectivity index (χ4n) is 0.975. The van der Waals surface area contributed by atoms with Gasteiger partial charge >= 0.3 is 5.97 Å². The molecule has 0 amide bonds. The minimum atomic E-state index is -0.448. The van der Waals surface area contributed by atoms with Crippen molar-refractivity contribution in [1.82, 2.24) is 4.98 Å². The minimum Gasteiger partial charge on any atom is -0.457 e. The summed E-state index contributed by atoms with van der Waals surface area (Å²) in [6.45, 7) is 5.51. The zero-order valence-corrected chi connectivity index (χ0v) is 9.23. The van der Waals surface area contributed by atoms with Crippen LogP contribution in [-0.4, -0.2) is 16.6 Å². The topological polar surface area (TPSA) is 39.2 Å². The highest BCUT2D eigenvalue weighted by Crippen LogP contribution is 2.08. The fourth-order valence-corrected chi connectivity index (χ4v) is 0.975. The molecule has 0 fully saturated rings. The molecule has 0 spiro atoms. The van der Waals surface area contributed by atoms with Gasteiger partial charge in [-0.2, -0.15) is 0 Å². The van der Waals surface area contributed by atoms with Crippen LogP contribution in [0.4, 0.5) is 0 Å². The second kappa shape index (κ2) is 4.73. The van der Waals surface area contributed by atoms with E-state index < -0.39 is 5.60 Å². The second-order valence-corrected chi connectivity index (χ2v) is 4.15. The quantitative estimate of drug-likeness (QED) is 0.550. The minimum absolute atomic E-state index is 0.341. The molecule has 1 rings (SSSR count). The van der Waals surface area contributed by atoms with Gasteiger partial charge in [-0.25, -0.2) is 4.79 Å². The number of carbonyl (C=O) groups excluding carboxylic acids is 1. The first-order valence-corrected chi connectivity index (χ1v) is 4.78. The van der Waals surface area contributed by atoms with Gasteiger partial charge in [0.15, 0.2) is 0 Å². The molecule has 0 bridgehead atoms. The Bertz CT molecular complexity index is 350. The van der Waals surface area contributed by atoms with Gasteiger partial charge in [0.2, 0.25) is 0 Å². The maximum atomic E-state index is 11.3. The molecule has 0 aliphatic rings. The third-order valence-electron chi connectivity index (χ3n) is 1.50. The summed E-state index contributed by atoms with van der Waals surface area (Å²) in [6.07, 6.45) is 6.45. The maximum absolute atomic E-state index is 11.3. The highest BCUT2D eigenvalue weighted by atomic mass is 16.6. The van der Waals surface area contributed by atoms with E-state index in [1.165, 1.54) is 6.08 Å². The van der Waals surface area contributed by atoms with E-state index in [0.717, 1.165) is 5.56 Å². The summed E-state index contributed by atoms with van der Waals surface area (Å²) in [5.74, 6) is -0.341. The number of ether oxygens (including phenoxy) is 1. The van der Waals surface area contributed by atoms with Crippen LogP contribution in [-0.2, 0) is 9.53 Å². The lowest BCUT2D eigenvalue weighted by atomic mass is 10.2. The third-order valence-corrected chi connectivity index (χ3v) is 1.50. The van der Waals surface area contributed by atoms with Crippen LogP contribution in [0.2, 0.25) is 0 Å². The van der Waals surface area contributed by atoms with Crippen molar-refractivity contribution in [1.29, 1.82) is 0 Å². The third kappa shape index (κ3) is 4.96. The van der Waals surface area contributed by atoms with E-state index in [0.29, 0.717) is 0 Å². The Labute approximate surface area is 89.8 Å². The second-order valence-electron chi connectivity index (χ2n) is 4.15. The van der Waals surface area contributed by atoms with E-state index >= 15 is 0 Å². The Morgan fingerprint density at radius 2 is 2.20 bits per heavy atom. The Balaban J connectivity index is 2.56. The number of hydrogen-bond donors (Lipinski definition) is 0. The Kier molecular flexibility index (Phi) is 3.61. The van der Waals surface area contributed by atoms with Crippen molar-refractivity contribution in [2.75, 3.05) is 0 Å². The van der Waals surface area contributed by atoms with E-state index in [1.807, 2.05) is 32.9 Å². The standard InChI is InChI=1S/C12H15NO2/c1-12(2,3)15-11(14)7-6-10-5-4-8-13-9-10/h4-9H,1-3H3. The van der Waals surface area contributed by atoms with Crippen LogP contribution in [0.3, 0.4) is 0 Å². The van der Waals surface area contributed by atoms with Crippen LogP contribution in [0.25, 0.3) is 6.08 Å². The van der Waals surface area contributed by atoms with Gasteiger partial charge in [0.05, 0.1) is 0 Å². The molecular weight excluding hydrogens is 190 g/mol. The molecule has 3 heteroatoms. The molecule has 0 atom stereocenters. The Morgan fingerprint density at radius 1 is 1.47 bits per heavy atom. The highest BCUT2D eigenvalue weighted by Gasteiger charge is 2.13. The first-order valence-electron chi connectivity index (χ1n) is 4.78. The first kappa shape index (κ1) is 11.4. The number of nitrogens with zero attached hydrogens (tertiary/aromatic N) is 1. The summed E-state index contributed by atoms with van der Waals surface area (Å²) in [5.41, 5.74) is 0.430. The van der Waals surface area contributed by atoms with Crippen LogP contribution in [0.15, 0.2) is 30.6 Å². The molecule has 0 aliphatic heterocycles. The Morgan fingerprint density at radius 3 is 2.73 bits per heavy atom. The zero-order chi connectivity index (χ0) is 11.3. The molecule has 0 radical (unpaired) electrons. The van der Waals surface area contributed by atoms with Gasteiger partial charge in [0.1, 0.15) is 5.60 Å². The fraction of sp³-hybridized carbons (Fsp3) is 0.333. The van der Waals surface area contributed by atoms with E-state index in [1.54, 1.807) is 18.5 Å². The molecule has 0 saturated heterocycles. The number of carbonyl (C=O) groups is 1. The lowest BCUT2D eigenvalue weighted by molar-refractivity contribution is -0.148. The van der Waals surface area contributed by atoms with Gasteiger partial charge in [0.25, 0.3) is 0 Å². The van der Waals surface area contributed by atoms with E-state index in [9.17, 15) is 4.79 Å². The largest absolute Gasteiger partial charge is 0.457 e. The lowest BCUT2D eigenvalue weighted by Gasteiger charge is -2.17. The molecule has 0 aromatic carbocycles. The first-order chi connectivity index (χ1) is 6.97. The van der Waals surface area contributed by atoms with Crippen LogP contribution >= 0.6 is 0 Å². The molecule has 1 aromatic heterocycles. The molecule has 3 nitrogen and oxygen atoms in total.